The summed E-state index contributed by atoms with van der Waals surface area (Å²) in [5, 5.41) is 3.34. The summed E-state index contributed by atoms with van der Waals surface area (Å²) in [5.74, 6) is 0.346. The number of nitrogens with zero attached hydrogens (tertiary/aromatic N) is 3. The molecule has 0 radical (unpaired) electrons. The maximum absolute atomic E-state index is 12.8. The minimum absolute atomic E-state index is 0.260. The topological polar surface area (TPSA) is 101 Å². The Kier molecular flexibility index (Phi) is 4.48. The van der Waals surface area contributed by atoms with E-state index in [1.807, 2.05) is 32.0 Å². The van der Waals surface area contributed by atoms with Crippen molar-refractivity contribution in [2.75, 3.05) is 5.32 Å². The van der Waals surface area contributed by atoms with Crippen molar-refractivity contribution < 1.29 is 4.79 Å². The largest absolute Gasteiger partial charge is 0.321 e. The second-order valence-corrected chi connectivity index (χ2v) is 7.49. The lowest BCUT2D eigenvalue weighted by molar-refractivity contribution is 0.103. The van der Waals surface area contributed by atoms with Gasteiger partial charge in [-0.2, -0.15) is 0 Å². The summed E-state index contributed by atoms with van der Waals surface area (Å²) in [6, 6.07) is 7.51. The smallest absolute Gasteiger partial charge is 0.266 e. The van der Waals surface area contributed by atoms with Gasteiger partial charge in [0.15, 0.2) is 11.6 Å². The summed E-state index contributed by atoms with van der Waals surface area (Å²) in [6.45, 7) is 5.70. The van der Waals surface area contributed by atoms with Crippen LogP contribution in [0.4, 0.5) is 5.69 Å². The number of aromatic amines is 1. The Labute approximate surface area is 164 Å². The Hall–Kier alpha value is -3.39. The monoisotopic (exact) mass is 391 g/mol. The Bertz CT molecular complexity index is 1260. The molecule has 4 rings (SSSR count). The van der Waals surface area contributed by atoms with Crippen LogP contribution in [0.2, 0.25) is 0 Å². The molecule has 0 aliphatic heterocycles. The van der Waals surface area contributed by atoms with E-state index in [0.29, 0.717) is 26.5 Å². The summed E-state index contributed by atoms with van der Waals surface area (Å²) < 4.78 is 0. The highest BCUT2D eigenvalue weighted by Crippen LogP contribution is 2.29. The molecule has 0 saturated heterocycles. The van der Waals surface area contributed by atoms with Crippen molar-refractivity contribution in [3.63, 3.8) is 0 Å². The van der Waals surface area contributed by atoms with Crippen LogP contribution in [-0.2, 0) is 0 Å². The lowest BCUT2D eigenvalue weighted by Crippen LogP contribution is -2.13. The number of anilines is 1. The first kappa shape index (κ1) is 18.0. The molecule has 7 nitrogen and oxygen atoms in total. The van der Waals surface area contributed by atoms with Crippen LogP contribution in [0.5, 0.6) is 0 Å². The van der Waals surface area contributed by atoms with Gasteiger partial charge >= 0.3 is 0 Å². The van der Waals surface area contributed by atoms with E-state index in [-0.39, 0.29) is 17.3 Å². The number of carbonyl (C=O) groups excluding carboxylic acids is 1. The fraction of sp³-hybridized carbons (Fsp3) is 0.150. The minimum Gasteiger partial charge on any atom is -0.321 e. The maximum atomic E-state index is 12.8. The van der Waals surface area contributed by atoms with E-state index in [1.165, 1.54) is 11.3 Å². The molecule has 0 spiro atoms. The van der Waals surface area contributed by atoms with Crippen molar-refractivity contribution in [1.29, 1.82) is 0 Å². The Morgan fingerprint density at radius 2 is 1.89 bits per heavy atom. The molecule has 28 heavy (non-hydrogen) atoms. The first-order valence-corrected chi connectivity index (χ1v) is 9.45. The van der Waals surface area contributed by atoms with E-state index >= 15 is 0 Å². The van der Waals surface area contributed by atoms with Crippen molar-refractivity contribution in [3.8, 4) is 11.6 Å². The molecule has 2 N–H and O–H groups in total. The Balaban J connectivity index is 1.76. The number of fused-ring (bicyclic) bond motifs is 1. The molecule has 0 atom stereocenters. The zero-order valence-electron chi connectivity index (χ0n) is 15.5. The van der Waals surface area contributed by atoms with Crippen LogP contribution in [0.15, 0.2) is 41.5 Å². The second kappa shape index (κ2) is 6.97. The van der Waals surface area contributed by atoms with Crippen LogP contribution >= 0.6 is 11.3 Å². The number of rotatable bonds is 3. The quantitative estimate of drug-likeness (QED) is 0.555. The summed E-state index contributed by atoms with van der Waals surface area (Å²) in [7, 11) is 0. The third-order valence-corrected chi connectivity index (χ3v) is 5.60. The van der Waals surface area contributed by atoms with Crippen LogP contribution in [0.3, 0.4) is 0 Å². The zero-order chi connectivity index (χ0) is 19.8. The van der Waals surface area contributed by atoms with Gasteiger partial charge in [0.25, 0.3) is 11.5 Å². The molecule has 3 aromatic heterocycles. The lowest BCUT2D eigenvalue weighted by atomic mass is 10.1. The zero-order valence-corrected chi connectivity index (χ0v) is 16.3. The Morgan fingerprint density at radius 1 is 1.14 bits per heavy atom. The van der Waals surface area contributed by atoms with Gasteiger partial charge in [-0.3, -0.25) is 9.59 Å². The molecule has 8 heteroatoms. The fourth-order valence-corrected chi connectivity index (χ4v) is 4.10. The number of nitrogens with one attached hydrogen (secondary N) is 2. The third kappa shape index (κ3) is 3.18. The molecule has 1 aromatic carbocycles. The molecule has 3 heterocycles. The number of H-pyrrole nitrogens is 1. The number of amides is 1. The van der Waals surface area contributed by atoms with Crippen LogP contribution in [0.25, 0.3) is 21.9 Å². The van der Waals surface area contributed by atoms with Crippen LogP contribution in [0, 0.1) is 20.8 Å². The number of benzene rings is 1. The van der Waals surface area contributed by atoms with E-state index in [1.54, 1.807) is 25.4 Å². The van der Waals surface area contributed by atoms with Crippen molar-refractivity contribution in [3.05, 3.63) is 68.6 Å². The van der Waals surface area contributed by atoms with Gasteiger partial charge in [0, 0.05) is 18.1 Å². The minimum atomic E-state index is -0.313. The molecular formula is C20H17N5O2S. The lowest BCUT2D eigenvalue weighted by Gasteiger charge is -2.08. The van der Waals surface area contributed by atoms with Gasteiger partial charge in [-0.1, -0.05) is 17.7 Å². The molecule has 0 aliphatic carbocycles. The summed E-state index contributed by atoms with van der Waals surface area (Å²) in [6.07, 6.45) is 3.16. The summed E-state index contributed by atoms with van der Waals surface area (Å²) in [5.41, 5.74) is 3.14. The number of thiophene rings is 1. The number of aromatic nitrogens is 4. The normalized spacial score (nSPS) is 11.0. The van der Waals surface area contributed by atoms with E-state index in [4.69, 9.17) is 0 Å². The fourth-order valence-electron chi connectivity index (χ4n) is 3.02. The van der Waals surface area contributed by atoms with Crippen molar-refractivity contribution in [1.82, 2.24) is 19.9 Å². The molecule has 0 aliphatic rings. The van der Waals surface area contributed by atoms with E-state index < -0.39 is 0 Å². The SMILES string of the molecule is Cc1ccc(NC(=O)c2sc3nc(-c4ncccn4)[nH]c(=O)c3c2C)c(C)c1. The molecule has 0 bridgehead atoms. The van der Waals surface area contributed by atoms with Gasteiger partial charge in [-0.15, -0.1) is 11.3 Å². The number of hydrogen-bond donors (Lipinski definition) is 2. The first-order valence-electron chi connectivity index (χ1n) is 8.63. The van der Waals surface area contributed by atoms with Crippen LogP contribution in [-0.4, -0.2) is 25.8 Å². The van der Waals surface area contributed by atoms with E-state index in [2.05, 4.69) is 25.3 Å². The van der Waals surface area contributed by atoms with Gasteiger partial charge in [-0.25, -0.2) is 15.0 Å². The highest BCUT2D eigenvalue weighted by atomic mass is 32.1. The number of carbonyl (C=O) groups is 1. The second-order valence-electron chi connectivity index (χ2n) is 6.50. The molecule has 0 fully saturated rings. The van der Waals surface area contributed by atoms with Crippen LogP contribution < -0.4 is 10.9 Å². The highest BCUT2D eigenvalue weighted by Gasteiger charge is 2.20. The van der Waals surface area contributed by atoms with Crippen molar-refractivity contribution in [2.45, 2.75) is 20.8 Å². The van der Waals surface area contributed by atoms with Gasteiger partial charge < -0.3 is 10.3 Å². The molecular weight excluding hydrogens is 374 g/mol. The number of hydrogen-bond acceptors (Lipinski definition) is 6. The summed E-state index contributed by atoms with van der Waals surface area (Å²) in [4.78, 5) is 41.8. The van der Waals surface area contributed by atoms with Gasteiger partial charge in [0.05, 0.1) is 10.3 Å². The van der Waals surface area contributed by atoms with Crippen molar-refractivity contribution >= 4 is 33.1 Å². The van der Waals surface area contributed by atoms with Crippen LogP contribution in [0.1, 0.15) is 26.4 Å². The van der Waals surface area contributed by atoms with Gasteiger partial charge in [0.2, 0.25) is 0 Å². The summed E-state index contributed by atoms with van der Waals surface area (Å²) >= 11 is 1.18. The molecule has 0 saturated carbocycles. The van der Waals surface area contributed by atoms with Gasteiger partial charge in [0.1, 0.15) is 4.83 Å². The maximum Gasteiger partial charge on any atom is 0.266 e. The predicted octanol–water partition coefficient (Wildman–Crippen LogP) is 3.62. The molecule has 4 aromatic rings. The van der Waals surface area contributed by atoms with Crippen molar-refractivity contribution in [2.24, 2.45) is 0 Å². The molecule has 0 unspecified atom stereocenters. The molecule has 140 valence electrons. The standard InChI is InChI=1S/C20H17N5O2S/c1-10-5-6-13(11(2)9-10)23-19(27)15-12(3)14-18(26)24-17(25-20(14)28-15)16-21-7-4-8-22-16/h4-9H,1-3H3,(H,23,27)(H,24,25,26). The average molecular weight is 391 g/mol. The number of aryl methyl sites for hydroxylation is 3. The first-order chi connectivity index (χ1) is 13.4. The predicted molar refractivity (Wildman–Crippen MR) is 110 cm³/mol. The third-order valence-electron chi connectivity index (χ3n) is 4.41. The van der Waals surface area contributed by atoms with E-state index in [9.17, 15) is 9.59 Å². The van der Waals surface area contributed by atoms with E-state index in [0.717, 1.165) is 16.8 Å². The molecule has 1 amide bonds. The Morgan fingerprint density at radius 3 is 2.61 bits per heavy atom. The average Bonchev–Trinajstić information content (AvgIpc) is 3.02. The highest BCUT2D eigenvalue weighted by molar-refractivity contribution is 7.20. The van der Waals surface area contributed by atoms with Gasteiger partial charge in [-0.05, 0) is 44.0 Å².